The molecule has 1 atom stereocenters. The third-order valence-corrected chi connectivity index (χ3v) is 3.37. The highest BCUT2D eigenvalue weighted by atomic mass is 16.5. The molecule has 0 heterocycles. The molecule has 0 saturated heterocycles. The summed E-state index contributed by atoms with van der Waals surface area (Å²) in [6.45, 7) is 14.3. The summed E-state index contributed by atoms with van der Waals surface area (Å²) in [4.78, 5) is 0. The van der Waals surface area contributed by atoms with E-state index >= 15 is 0 Å². The Morgan fingerprint density at radius 2 is 1.90 bits per heavy atom. The molecule has 0 spiro atoms. The Morgan fingerprint density at radius 3 is 2.48 bits per heavy atom. The van der Waals surface area contributed by atoms with Crippen LogP contribution < -0.4 is 10.1 Å². The maximum Gasteiger partial charge on any atom is 0.120 e. The van der Waals surface area contributed by atoms with Crippen LogP contribution in [-0.2, 0) is 4.74 Å². The van der Waals surface area contributed by atoms with E-state index in [0.29, 0.717) is 6.61 Å². The van der Waals surface area contributed by atoms with Gasteiger partial charge in [-0.1, -0.05) is 19.1 Å². The second-order valence-electron chi connectivity index (χ2n) is 6.16. The van der Waals surface area contributed by atoms with Gasteiger partial charge in [0.1, 0.15) is 5.75 Å². The summed E-state index contributed by atoms with van der Waals surface area (Å²) < 4.78 is 11.8. The predicted octanol–water partition coefficient (Wildman–Crippen LogP) is 4.33. The maximum atomic E-state index is 5.96. The molecule has 0 aromatic heterocycles. The van der Waals surface area contributed by atoms with Gasteiger partial charge in [0.05, 0.1) is 17.7 Å². The van der Waals surface area contributed by atoms with Crippen LogP contribution in [0, 0.1) is 0 Å². The number of ether oxygens (including phenoxy) is 2. The number of hydrogen-bond acceptors (Lipinski definition) is 3. The lowest BCUT2D eigenvalue weighted by molar-refractivity contribution is -0.0392. The Bertz CT molecular complexity index is 415. The molecule has 1 aromatic rings. The van der Waals surface area contributed by atoms with E-state index in [1.165, 1.54) is 5.56 Å². The average molecular weight is 293 g/mol. The predicted molar refractivity (Wildman–Crippen MR) is 88.9 cm³/mol. The molecule has 0 bridgehead atoms. The highest BCUT2D eigenvalue weighted by molar-refractivity contribution is 5.32. The summed E-state index contributed by atoms with van der Waals surface area (Å²) in [5.74, 6) is 0.915. The molecular weight excluding hydrogens is 262 g/mol. The lowest BCUT2D eigenvalue weighted by Crippen LogP contribution is -2.42. The van der Waals surface area contributed by atoms with E-state index in [2.05, 4.69) is 44.3 Å². The van der Waals surface area contributed by atoms with Gasteiger partial charge < -0.3 is 14.8 Å². The van der Waals surface area contributed by atoms with E-state index in [9.17, 15) is 0 Å². The largest absolute Gasteiger partial charge is 0.491 e. The van der Waals surface area contributed by atoms with Gasteiger partial charge in [-0.3, -0.25) is 0 Å². The van der Waals surface area contributed by atoms with Crippen molar-refractivity contribution in [2.45, 2.75) is 65.7 Å². The fourth-order valence-corrected chi connectivity index (χ4v) is 2.55. The average Bonchev–Trinajstić information content (AvgIpc) is 2.38. The standard InChI is InChI=1S/C18H31NO2/c1-7-12-19-17(18(5,6)20-8-2)15-10-9-11-16(13-15)21-14(3)4/h9-11,13-14,17,19H,7-8,12H2,1-6H3. The van der Waals surface area contributed by atoms with Crippen LogP contribution in [0.25, 0.3) is 0 Å². The Labute approximate surface area is 130 Å². The van der Waals surface area contributed by atoms with Crippen LogP contribution >= 0.6 is 0 Å². The van der Waals surface area contributed by atoms with Crippen LogP contribution in [0.15, 0.2) is 24.3 Å². The van der Waals surface area contributed by atoms with Crippen LogP contribution in [0.5, 0.6) is 5.75 Å². The maximum absolute atomic E-state index is 5.96. The molecule has 1 N–H and O–H groups in total. The van der Waals surface area contributed by atoms with Crippen molar-refractivity contribution in [3.8, 4) is 5.75 Å². The van der Waals surface area contributed by atoms with Gasteiger partial charge in [0.15, 0.2) is 0 Å². The second-order valence-corrected chi connectivity index (χ2v) is 6.16. The molecule has 1 aromatic carbocycles. The van der Waals surface area contributed by atoms with Gasteiger partial charge in [0, 0.05) is 6.61 Å². The van der Waals surface area contributed by atoms with Gasteiger partial charge in [0.2, 0.25) is 0 Å². The Balaban J connectivity index is 3.02. The molecule has 0 amide bonds. The summed E-state index contributed by atoms with van der Waals surface area (Å²) >= 11 is 0. The molecule has 0 fully saturated rings. The normalized spacial score (nSPS) is 13.5. The number of hydrogen-bond donors (Lipinski definition) is 1. The molecular formula is C18H31NO2. The van der Waals surface area contributed by atoms with E-state index in [0.717, 1.165) is 18.7 Å². The molecule has 1 unspecified atom stereocenters. The van der Waals surface area contributed by atoms with E-state index in [1.54, 1.807) is 0 Å². The fourth-order valence-electron chi connectivity index (χ4n) is 2.55. The van der Waals surface area contributed by atoms with Crippen LogP contribution in [0.1, 0.15) is 59.6 Å². The van der Waals surface area contributed by atoms with Gasteiger partial charge >= 0.3 is 0 Å². The minimum atomic E-state index is -0.264. The Hall–Kier alpha value is -1.06. The number of nitrogens with one attached hydrogen (secondary N) is 1. The third kappa shape index (κ3) is 5.68. The molecule has 120 valence electrons. The quantitative estimate of drug-likeness (QED) is 0.735. The first-order valence-corrected chi connectivity index (χ1v) is 8.04. The smallest absolute Gasteiger partial charge is 0.120 e. The molecule has 0 aliphatic rings. The van der Waals surface area contributed by atoms with Crippen LogP contribution in [-0.4, -0.2) is 24.9 Å². The van der Waals surface area contributed by atoms with E-state index in [4.69, 9.17) is 9.47 Å². The van der Waals surface area contributed by atoms with E-state index < -0.39 is 0 Å². The number of rotatable bonds is 9. The summed E-state index contributed by atoms with van der Waals surface area (Å²) in [7, 11) is 0. The Kier molecular flexibility index (Phi) is 7.20. The van der Waals surface area contributed by atoms with Gasteiger partial charge in [0.25, 0.3) is 0 Å². The van der Waals surface area contributed by atoms with Crippen molar-refractivity contribution in [3.05, 3.63) is 29.8 Å². The minimum absolute atomic E-state index is 0.146. The lowest BCUT2D eigenvalue weighted by Gasteiger charge is -2.35. The lowest BCUT2D eigenvalue weighted by atomic mass is 9.91. The van der Waals surface area contributed by atoms with Crippen LogP contribution in [0.2, 0.25) is 0 Å². The summed E-state index contributed by atoms with van der Waals surface area (Å²) in [6, 6.07) is 8.46. The molecule has 0 radical (unpaired) electrons. The highest BCUT2D eigenvalue weighted by Gasteiger charge is 2.31. The van der Waals surface area contributed by atoms with Gasteiger partial charge in [-0.15, -0.1) is 0 Å². The molecule has 3 nitrogen and oxygen atoms in total. The van der Waals surface area contributed by atoms with Crippen molar-refractivity contribution in [1.82, 2.24) is 5.32 Å². The van der Waals surface area contributed by atoms with Crippen LogP contribution in [0.3, 0.4) is 0 Å². The monoisotopic (exact) mass is 293 g/mol. The summed E-state index contributed by atoms with van der Waals surface area (Å²) in [6.07, 6.45) is 1.28. The fraction of sp³-hybridized carbons (Fsp3) is 0.667. The SMILES string of the molecule is CCCNC(c1cccc(OC(C)C)c1)C(C)(C)OCC. The summed E-state index contributed by atoms with van der Waals surface area (Å²) in [5, 5.41) is 3.61. The van der Waals surface area contributed by atoms with Crippen LogP contribution in [0.4, 0.5) is 0 Å². The van der Waals surface area contributed by atoms with Crippen molar-refractivity contribution in [2.75, 3.05) is 13.2 Å². The van der Waals surface area contributed by atoms with Crippen molar-refractivity contribution >= 4 is 0 Å². The van der Waals surface area contributed by atoms with Gasteiger partial charge in [-0.05, 0) is 65.3 Å². The summed E-state index contributed by atoms with van der Waals surface area (Å²) in [5.41, 5.74) is 0.945. The molecule has 1 rings (SSSR count). The van der Waals surface area contributed by atoms with Crippen molar-refractivity contribution in [3.63, 3.8) is 0 Å². The van der Waals surface area contributed by atoms with Gasteiger partial charge in [-0.25, -0.2) is 0 Å². The third-order valence-electron chi connectivity index (χ3n) is 3.37. The van der Waals surface area contributed by atoms with Crippen molar-refractivity contribution < 1.29 is 9.47 Å². The highest BCUT2D eigenvalue weighted by Crippen LogP contribution is 2.31. The number of benzene rings is 1. The molecule has 21 heavy (non-hydrogen) atoms. The topological polar surface area (TPSA) is 30.5 Å². The van der Waals surface area contributed by atoms with Gasteiger partial charge in [-0.2, -0.15) is 0 Å². The van der Waals surface area contributed by atoms with E-state index in [-0.39, 0.29) is 17.7 Å². The molecule has 0 aliphatic carbocycles. The molecule has 0 aliphatic heterocycles. The Morgan fingerprint density at radius 1 is 1.19 bits per heavy atom. The first kappa shape index (κ1) is 18.0. The second kappa shape index (κ2) is 8.40. The first-order chi connectivity index (χ1) is 9.90. The zero-order valence-corrected chi connectivity index (χ0v) is 14.4. The first-order valence-electron chi connectivity index (χ1n) is 8.04. The molecule has 0 saturated carbocycles. The minimum Gasteiger partial charge on any atom is -0.491 e. The zero-order valence-electron chi connectivity index (χ0n) is 14.4. The molecule has 3 heteroatoms. The van der Waals surface area contributed by atoms with Crippen molar-refractivity contribution in [2.24, 2.45) is 0 Å². The zero-order chi connectivity index (χ0) is 15.9. The van der Waals surface area contributed by atoms with E-state index in [1.807, 2.05) is 26.8 Å². The van der Waals surface area contributed by atoms with Crippen molar-refractivity contribution in [1.29, 1.82) is 0 Å².